The van der Waals surface area contributed by atoms with Crippen LogP contribution in [0.5, 0.6) is 0 Å². The molecule has 6 heteroatoms. The van der Waals surface area contributed by atoms with E-state index in [1.54, 1.807) is 12.1 Å². The molecular weight excluding hydrogens is 285 g/mol. The zero-order valence-corrected chi connectivity index (χ0v) is 12.0. The molecule has 0 atom stereocenters. The van der Waals surface area contributed by atoms with Crippen molar-refractivity contribution in [1.82, 2.24) is 10.9 Å². The molecule has 2 rings (SSSR count). The smallest absolute Gasteiger partial charge is 0.307 e. The van der Waals surface area contributed by atoms with Crippen LogP contribution < -0.4 is 16.2 Å². The van der Waals surface area contributed by atoms with Gasteiger partial charge in [-0.1, -0.05) is 19.1 Å². The monoisotopic (exact) mass is 301 g/mol. The van der Waals surface area contributed by atoms with Gasteiger partial charge in [-0.15, -0.1) is 0 Å². The number of hydrogen-bond acceptors (Lipinski definition) is 2. The van der Waals surface area contributed by atoms with Crippen molar-refractivity contribution in [2.24, 2.45) is 0 Å². The van der Waals surface area contributed by atoms with Gasteiger partial charge in [0.15, 0.2) is 0 Å². The minimum Gasteiger partial charge on any atom is -0.307 e. The summed E-state index contributed by atoms with van der Waals surface area (Å²) in [7, 11) is 0. The van der Waals surface area contributed by atoms with Crippen molar-refractivity contribution in [2.45, 2.75) is 13.3 Å². The van der Waals surface area contributed by atoms with Gasteiger partial charge in [0.25, 0.3) is 5.91 Å². The highest BCUT2D eigenvalue weighted by Gasteiger charge is 2.07. The lowest BCUT2D eigenvalue weighted by Gasteiger charge is -2.09. The Morgan fingerprint density at radius 1 is 0.955 bits per heavy atom. The summed E-state index contributed by atoms with van der Waals surface area (Å²) in [4.78, 5) is 23.4. The van der Waals surface area contributed by atoms with E-state index in [2.05, 4.69) is 16.2 Å². The Morgan fingerprint density at radius 2 is 1.59 bits per heavy atom. The molecule has 0 bridgehead atoms. The first kappa shape index (κ1) is 15.5. The third kappa shape index (κ3) is 4.31. The summed E-state index contributed by atoms with van der Waals surface area (Å²) in [6.45, 7) is 2.02. The molecule has 3 amide bonds. The highest BCUT2D eigenvalue weighted by atomic mass is 19.1. The van der Waals surface area contributed by atoms with Gasteiger partial charge >= 0.3 is 6.03 Å². The van der Waals surface area contributed by atoms with Crippen LogP contribution in [0, 0.1) is 5.82 Å². The second-order valence-corrected chi connectivity index (χ2v) is 4.59. The van der Waals surface area contributed by atoms with Gasteiger partial charge in [0.1, 0.15) is 5.82 Å². The number of benzene rings is 2. The van der Waals surface area contributed by atoms with Crippen molar-refractivity contribution in [2.75, 3.05) is 5.32 Å². The Hall–Kier alpha value is -2.89. The molecule has 0 heterocycles. The van der Waals surface area contributed by atoms with Crippen LogP contribution in [-0.2, 0) is 6.42 Å². The van der Waals surface area contributed by atoms with Gasteiger partial charge < -0.3 is 5.32 Å². The number of halogens is 1. The van der Waals surface area contributed by atoms with Crippen LogP contribution in [0.15, 0.2) is 48.5 Å². The summed E-state index contributed by atoms with van der Waals surface area (Å²) < 4.78 is 12.7. The van der Waals surface area contributed by atoms with Crippen LogP contribution in [0.3, 0.4) is 0 Å². The number of carbonyl (C=O) groups excluding carboxylic acids is 2. The normalized spacial score (nSPS) is 9.91. The first-order valence-electron chi connectivity index (χ1n) is 6.80. The largest absolute Gasteiger partial charge is 0.337 e. The molecule has 0 spiro atoms. The fourth-order valence-corrected chi connectivity index (χ4v) is 1.77. The second kappa shape index (κ2) is 7.21. The third-order valence-electron chi connectivity index (χ3n) is 3.02. The summed E-state index contributed by atoms with van der Waals surface area (Å²) >= 11 is 0. The van der Waals surface area contributed by atoms with E-state index in [9.17, 15) is 14.0 Å². The van der Waals surface area contributed by atoms with Crippen LogP contribution in [0.1, 0.15) is 22.8 Å². The molecule has 0 aliphatic heterocycles. The van der Waals surface area contributed by atoms with Gasteiger partial charge in [0, 0.05) is 11.3 Å². The fourth-order valence-electron chi connectivity index (χ4n) is 1.77. The molecule has 3 N–H and O–H groups in total. The van der Waals surface area contributed by atoms with Crippen molar-refractivity contribution >= 4 is 17.6 Å². The number of aryl methyl sites for hydroxylation is 1. The molecule has 5 nitrogen and oxygen atoms in total. The molecule has 0 radical (unpaired) electrons. The lowest BCUT2D eigenvalue weighted by Crippen LogP contribution is -2.43. The van der Waals surface area contributed by atoms with E-state index in [0.717, 1.165) is 12.0 Å². The molecule has 0 aliphatic rings. The van der Waals surface area contributed by atoms with Crippen molar-refractivity contribution in [1.29, 1.82) is 0 Å². The molecule has 0 saturated heterocycles. The van der Waals surface area contributed by atoms with Gasteiger partial charge in [-0.2, -0.15) is 0 Å². The molecular formula is C16H16FN3O2. The first-order chi connectivity index (χ1) is 10.6. The van der Waals surface area contributed by atoms with E-state index in [-0.39, 0.29) is 0 Å². The van der Waals surface area contributed by atoms with Crippen LogP contribution in [0.25, 0.3) is 0 Å². The quantitative estimate of drug-likeness (QED) is 0.763. The number of hydrazine groups is 1. The first-order valence-corrected chi connectivity index (χ1v) is 6.80. The third-order valence-corrected chi connectivity index (χ3v) is 3.02. The Morgan fingerprint density at radius 3 is 2.18 bits per heavy atom. The maximum atomic E-state index is 12.7. The Kier molecular flexibility index (Phi) is 5.08. The summed E-state index contributed by atoms with van der Waals surface area (Å²) in [6.07, 6.45) is 0.889. The van der Waals surface area contributed by atoms with E-state index in [4.69, 9.17) is 0 Å². The molecule has 2 aromatic carbocycles. The van der Waals surface area contributed by atoms with Gasteiger partial charge in [-0.25, -0.2) is 14.6 Å². The minimum atomic E-state index is -0.620. The van der Waals surface area contributed by atoms with E-state index in [0.29, 0.717) is 11.3 Å². The average molecular weight is 301 g/mol. The van der Waals surface area contributed by atoms with Crippen molar-refractivity contribution in [3.8, 4) is 0 Å². The van der Waals surface area contributed by atoms with E-state index in [1.165, 1.54) is 24.3 Å². The fraction of sp³-hybridized carbons (Fsp3) is 0.125. The summed E-state index contributed by atoms with van der Waals surface area (Å²) in [5, 5.41) is 2.46. The SMILES string of the molecule is CCc1ccc(C(=O)NNC(=O)Nc2ccc(F)cc2)cc1. The Balaban J connectivity index is 1.84. The molecule has 0 saturated carbocycles. The Labute approximate surface area is 127 Å². The zero-order valence-electron chi connectivity index (χ0n) is 12.0. The van der Waals surface area contributed by atoms with Gasteiger partial charge in [0.05, 0.1) is 0 Å². The average Bonchev–Trinajstić information content (AvgIpc) is 2.55. The van der Waals surface area contributed by atoms with Crippen molar-refractivity contribution in [3.63, 3.8) is 0 Å². The molecule has 0 aromatic heterocycles. The molecule has 0 fully saturated rings. The maximum Gasteiger partial charge on any atom is 0.337 e. The highest BCUT2D eigenvalue weighted by molar-refractivity contribution is 5.97. The van der Waals surface area contributed by atoms with Crippen molar-refractivity contribution < 1.29 is 14.0 Å². The van der Waals surface area contributed by atoms with Gasteiger partial charge in [-0.05, 0) is 48.4 Å². The van der Waals surface area contributed by atoms with Crippen LogP contribution >= 0.6 is 0 Å². The molecule has 2 aromatic rings. The van der Waals surface area contributed by atoms with Crippen LogP contribution in [0.4, 0.5) is 14.9 Å². The predicted octanol–water partition coefficient (Wildman–Crippen LogP) is 2.85. The number of carbonyl (C=O) groups is 2. The lowest BCUT2D eigenvalue weighted by molar-refractivity contribution is 0.0938. The highest BCUT2D eigenvalue weighted by Crippen LogP contribution is 2.07. The number of amides is 3. The molecule has 114 valence electrons. The molecule has 0 unspecified atom stereocenters. The summed E-state index contributed by atoms with van der Waals surface area (Å²) in [6, 6.07) is 11.8. The summed E-state index contributed by atoms with van der Waals surface area (Å²) in [5.41, 5.74) is 6.51. The predicted molar refractivity (Wildman–Crippen MR) is 81.8 cm³/mol. The molecule has 22 heavy (non-hydrogen) atoms. The van der Waals surface area contributed by atoms with Crippen LogP contribution in [-0.4, -0.2) is 11.9 Å². The van der Waals surface area contributed by atoms with Gasteiger partial charge in [0.2, 0.25) is 0 Å². The van der Waals surface area contributed by atoms with Gasteiger partial charge in [-0.3, -0.25) is 10.2 Å². The Bertz CT molecular complexity index is 654. The topological polar surface area (TPSA) is 70.2 Å². The number of nitrogens with one attached hydrogen (secondary N) is 3. The number of anilines is 1. The zero-order chi connectivity index (χ0) is 15.9. The maximum absolute atomic E-state index is 12.7. The van der Waals surface area contributed by atoms with Crippen molar-refractivity contribution in [3.05, 3.63) is 65.5 Å². The summed E-state index contributed by atoms with van der Waals surface area (Å²) in [5.74, 6) is -0.813. The number of urea groups is 1. The van der Waals surface area contributed by atoms with E-state index >= 15 is 0 Å². The van der Waals surface area contributed by atoms with E-state index < -0.39 is 17.8 Å². The number of hydrogen-bond donors (Lipinski definition) is 3. The lowest BCUT2D eigenvalue weighted by atomic mass is 10.1. The number of rotatable bonds is 3. The standard InChI is InChI=1S/C16H16FN3O2/c1-2-11-3-5-12(6-4-11)15(21)19-20-16(22)18-14-9-7-13(17)8-10-14/h3-10H,2H2,1H3,(H,19,21)(H2,18,20,22). The van der Waals surface area contributed by atoms with E-state index in [1.807, 2.05) is 19.1 Å². The molecule has 0 aliphatic carbocycles. The second-order valence-electron chi connectivity index (χ2n) is 4.59. The van der Waals surface area contributed by atoms with Crippen LogP contribution in [0.2, 0.25) is 0 Å². The minimum absolute atomic E-state index is 0.394.